The van der Waals surface area contributed by atoms with E-state index in [0.717, 1.165) is 30.4 Å². The molecule has 3 nitrogen and oxygen atoms in total. The third-order valence-corrected chi connectivity index (χ3v) is 4.05. The Kier molecular flexibility index (Phi) is 4.64. The van der Waals surface area contributed by atoms with Crippen molar-refractivity contribution in [3.8, 4) is 5.75 Å². The van der Waals surface area contributed by atoms with Gasteiger partial charge in [0.2, 0.25) is 9.04 Å². The van der Waals surface area contributed by atoms with Gasteiger partial charge in [-0.3, -0.25) is 0 Å². The van der Waals surface area contributed by atoms with Crippen molar-refractivity contribution < 1.29 is 4.43 Å². The van der Waals surface area contributed by atoms with Crippen LogP contribution in [0.1, 0.15) is 25.3 Å². The summed E-state index contributed by atoms with van der Waals surface area (Å²) in [6.07, 6.45) is 2.56. The van der Waals surface area contributed by atoms with E-state index in [9.17, 15) is 0 Å². The van der Waals surface area contributed by atoms with Crippen molar-refractivity contribution in [1.29, 1.82) is 0 Å². The molecule has 0 N–H and O–H groups in total. The molecule has 1 fully saturated rings. The van der Waals surface area contributed by atoms with E-state index in [1.54, 1.807) is 0 Å². The van der Waals surface area contributed by atoms with E-state index in [1.165, 1.54) is 18.4 Å². The van der Waals surface area contributed by atoms with Crippen LogP contribution in [-0.4, -0.2) is 32.9 Å². The second-order valence-corrected chi connectivity index (χ2v) is 7.82. The molecule has 0 saturated carbocycles. The lowest BCUT2D eigenvalue weighted by molar-refractivity contribution is 0.516. The van der Waals surface area contributed by atoms with Crippen LogP contribution in [0.5, 0.6) is 5.75 Å². The molecule has 0 atom stereocenters. The maximum Gasteiger partial charge on any atom is 0.229 e. The van der Waals surface area contributed by atoms with Crippen molar-refractivity contribution >= 4 is 20.6 Å². The number of aryl methyl sites for hydroxylation is 1. The van der Waals surface area contributed by atoms with Crippen LogP contribution in [-0.2, 0) is 0 Å². The second kappa shape index (κ2) is 6.24. The minimum atomic E-state index is -1.10. The molecule has 4 heteroatoms. The highest BCUT2D eigenvalue weighted by Gasteiger charge is 2.14. The Morgan fingerprint density at radius 1 is 1.26 bits per heavy atom. The zero-order valence-electron chi connectivity index (χ0n) is 12.4. The van der Waals surface area contributed by atoms with E-state index in [0.29, 0.717) is 0 Å². The Hall–Kier alpha value is -1.29. The molecular weight excluding hydrogens is 252 g/mol. The molecule has 0 spiro atoms. The number of benzene rings is 1. The summed E-state index contributed by atoms with van der Waals surface area (Å²) in [7, 11) is -1.10. The zero-order chi connectivity index (χ0) is 13.8. The summed E-state index contributed by atoms with van der Waals surface area (Å²) in [6, 6.07) is 6.26. The molecule has 0 bridgehead atoms. The number of nitrogens with zero attached hydrogens (tertiary/aromatic N) is 2. The second-order valence-electron chi connectivity index (χ2n) is 5.49. The molecule has 1 aliphatic heterocycles. The Morgan fingerprint density at radius 3 is 2.58 bits per heavy atom. The van der Waals surface area contributed by atoms with Crippen LogP contribution < -0.4 is 4.43 Å². The van der Waals surface area contributed by atoms with Crippen LogP contribution in [0, 0.1) is 6.92 Å². The van der Waals surface area contributed by atoms with Crippen LogP contribution in [0.25, 0.3) is 0 Å². The lowest BCUT2D eigenvalue weighted by Crippen LogP contribution is -2.24. The molecule has 0 radical (unpaired) electrons. The van der Waals surface area contributed by atoms with E-state index < -0.39 is 9.04 Å². The molecule has 1 aromatic rings. The smallest absolute Gasteiger partial charge is 0.229 e. The molecule has 0 aromatic heterocycles. The number of hydrogen-bond donors (Lipinski definition) is 0. The fourth-order valence-corrected chi connectivity index (χ4v) is 3.06. The van der Waals surface area contributed by atoms with Crippen molar-refractivity contribution in [2.24, 2.45) is 4.99 Å². The van der Waals surface area contributed by atoms with Gasteiger partial charge < -0.3 is 9.33 Å². The normalized spacial score (nSPS) is 16.3. The highest BCUT2D eigenvalue weighted by Crippen LogP contribution is 2.29. The first-order valence-electron chi connectivity index (χ1n) is 7.14. The van der Waals surface area contributed by atoms with Crippen LogP contribution in [0.4, 0.5) is 5.69 Å². The monoisotopic (exact) mass is 276 g/mol. The number of likely N-dealkylation sites (tertiary alicyclic amines) is 1. The van der Waals surface area contributed by atoms with Gasteiger partial charge in [-0.05, 0) is 57.5 Å². The molecule has 0 amide bonds. The van der Waals surface area contributed by atoms with Gasteiger partial charge in [0.25, 0.3) is 0 Å². The lowest BCUT2D eigenvalue weighted by atomic mass is 10.2. The summed E-state index contributed by atoms with van der Waals surface area (Å²) >= 11 is 0. The number of aliphatic imine (C=N–C) groups is 1. The summed E-state index contributed by atoms with van der Waals surface area (Å²) in [4.78, 5) is 7.15. The van der Waals surface area contributed by atoms with Crippen LogP contribution in [0.15, 0.2) is 23.2 Å². The summed E-state index contributed by atoms with van der Waals surface area (Å²) in [5.41, 5.74) is 2.20. The van der Waals surface area contributed by atoms with Crippen molar-refractivity contribution in [1.82, 2.24) is 4.90 Å². The van der Waals surface area contributed by atoms with E-state index >= 15 is 0 Å². The Bertz CT molecular complexity index is 465. The predicted octanol–water partition coefficient (Wildman–Crippen LogP) is 3.50. The van der Waals surface area contributed by atoms with Gasteiger partial charge in [-0.1, -0.05) is 6.07 Å². The number of amidine groups is 1. The van der Waals surface area contributed by atoms with E-state index in [1.807, 2.05) is 0 Å². The SMILES string of the molecule is CC(=Nc1cc(C)ccc1O[SiH](C)C)N1CCCC1. The van der Waals surface area contributed by atoms with Gasteiger partial charge in [-0.15, -0.1) is 0 Å². The highest BCUT2D eigenvalue weighted by atomic mass is 28.3. The fraction of sp³-hybridized carbons (Fsp3) is 0.533. The van der Waals surface area contributed by atoms with Gasteiger partial charge in [-0.25, -0.2) is 4.99 Å². The summed E-state index contributed by atoms with van der Waals surface area (Å²) in [5, 5.41) is 0. The van der Waals surface area contributed by atoms with Crippen molar-refractivity contribution in [2.45, 2.75) is 39.8 Å². The van der Waals surface area contributed by atoms with Gasteiger partial charge in [0.1, 0.15) is 17.3 Å². The van der Waals surface area contributed by atoms with Gasteiger partial charge in [0, 0.05) is 13.1 Å². The predicted molar refractivity (Wildman–Crippen MR) is 84.3 cm³/mol. The van der Waals surface area contributed by atoms with Gasteiger partial charge >= 0.3 is 0 Å². The summed E-state index contributed by atoms with van der Waals surface area (Å²) < 4.78 is 5.98. The van der Waals surface area contributed by atoms with E-state index in [4.69, 9.17) is 9.42 Å². The average molecular weight is 276 g/mol. The molecular formula is C15H24N2OSi. The first-order chi connectivity index (χ1) is 9.06. The molecule has 1 aliphatic rings. The zero-order valence-corrected chi connectivity index (χ0v) is 13.6. The highest BCUT2D eigenvalue weighted by molar-refractivity contribution is 6.49. The average Bonchev–Trinajstić information content (AvgIpc) is 2.86. The molecule has 0 unspecified atom stereocenters. The molecule has 104 valence electrons. The minimum Gasteiger partial charge on any atom is -0.546 e. The topological polar surface area (TPSA) is 24.8 Å². The maximum absolute atomic E-state index is 5.98. The summed E-state index contributed by atoms with van der Waals surface area (Å²) in [6.45, 7) is 10.8. The van der Waals surface area contributed by atoms with Gasteiger partial charge in [0.15, 0.2) is 0 Å². The molecule has 0 aliphatic carbocycles. The van der Waals surface area contributed by atoms with Crippen LogP contribution in [0.3, 0.4) is 0 Å². The maximum atomic E-state index is 5.98. The molecule has 1 saturated heterocycles. The van der Waals surface area contributed by atoms with Crippen molar-refractivity contribution in [3.05, 3.63) is 23.8 Å². The van der Waals surface area contributed by atoms with E-state index in [2.05, 4.69) is 50.0 Å². The lowest BCUT2D eigenvalue weighted by Gasteiger charge is -2.18. The molecule has 19 heavy (non-hydrogen) atoms. The van der Waals surface area contributed by atoms with Crippen molar-refractivity contribution in [3.63, 3.8) is 0 Å². The Balaban J connectivity index is 2.26. The third kappa shape index (κ3) is 3.83. The molecule has 1 heterocycles. The first-order valence-corrected chi connectivity index (χ1v) is 9.92. The van der Waals surface area contributed by atoms with Crippen LogP contribution >= 0.6 is 0 Å². The Labute approximate surface area is 118 Å². The number of rotatable bonds is 3. The minimum absolute atomic E-state index is 0.936. The van der Waals surface area contributed by atoms with Crippen LogP contribution in [0.2, 0.25) is 13.1 Å². The largest absolute Gasteiger partial charge is 0.546 e. The van der Waals surface area contributed by atoms with E-state index in [-0.39, 0.29) is 0 Å². The Morgan fingerprint density at radius 2 is 1.95 bits per heavy atom. The standard InChI is InChI=1S/C15H24N2OSi/c1-12-7-8-15(18-19(3)4)14(11-12)16-13(2)17-9-5-6-10-17/h7-8,11,19H,5-6,9-10H2,1-4H3. The summed E-state index contributed by atoms with van der Waals surface area (Å²) in [5.74, 6) is 2.05. The fourth-order valence-electron chi connectivity index (χ4n) is 2.35. The first kappa shape index (κ1) is 14.1. The number of hydrogen-bond acceptors (Lipinski definition) is 2. The molecule has 1 aromatic carbocycles. The third-order valence-electron chi connectivity index (χ3n) is 3.32. The quantitative estimate of drug-likeness (QED) is 0.479. The van der Waals surface area contributed by atoms with Crippen molar-refractivity contribution in [2.75, 3.05) is 13.1 Å². The van der Waals surface area contributed by atoms with Gasteiger partial charge in [-0.2, -0.15) is 0 Å². The molecule has 2 rings (SSSR count). The van der Waals surface area contributed by atoms with Gasteiger partial charge in [0.05, 0.1) is 0 Å².